The predicted octanol–water partition coefficient (Wildman–Crippen LogP) is 4.76. The van der Waals surface area contributed by atoms with E-state index >= 15 is 0 Å². The number of carbonyl (C=O) groups excluding carboxylic acids is 1. The number of fused-ring (bicyclic) bond motifs is 2. The Hall–Kier alpha value is -2.87. The molecule has 1 aromatic heterocycles. The number of hydrogen-bond donors (Lipinski definition) is 4. The number of methoxy groups -OCH3 is 1. The molecule has 6 rings (SSSR count). The molecular formula is C30H30Cl3N5O6. The zero-order valence-corrected chi connectivity index (χ0v) is 25.8. The molecule has 4 N–H and O–H groups in total. The molecule has 1 amide bonds. The number of amides is 1. The Labute approximate surface area is 268 Å². The van der Waals surface area contributed by atoms with E-state index in [0.29, 0.717) is 39.9 Å². The second-order valence-electron chi connectivity index (χ2n) is 11.4. The number of likely N-dealkylation sites (tertiary alicyclic amines) is 1. The number of nitrogens with one attached hydrogen (secondary N) is 2. The van der Waals surface area contributed by atoms with Gasteiger partial charge in [-0.15, -0.1) is 0 Å². The molecule has 14 heteroatoms. The summed E-state index contributed by atoms with van der Waals surface area (Å²) in [6.07, 6.45) is 0.683. The molecule has 3 aliphatic rings. The molecular weight excluding hydrogens is 633 g/mol. The summed E-state index contributed by atoms with van der Waals surface area (Å²) in [5.41, 5.74) is 0.979. The van der Waals surface area contributed by atoms with Crippen LogP contribution in [0.4, 0.5) is 11.4 Å². The Bertz CT molecular complexity index is 1600. The van der Waals surface area contributed by atoms with Crippen molar-refractivity contribution in [3.8, 4) is 0 Å². The van der Waals surface area contributed by atoms with Crippen LogP contribution in [0.1, 0.15) is 47.3 Å². The third-order valence-corrected chi connectivity index (χ3v) is 9.51. The Kier molecular flexibility index (Phi) is 8.59. The van der Waals surface area contributed by atoms with Crippen LogP contribution in [-0.4, -0.2) is 63.3 Å². The normalized spacial score (nSPS) is 25.3. The molecule has 5 atom stereocenters. The van der Waals surface area contributed by atoms with Gasteiger partial charge in [0.2, 0.25) is 5.91 Å². The molecule has 1 saturated heterocycles. The van der Waals surface area contributed by atoms with Crippen LogP contribution in [0.15, 0.2) is 48.5 Å². The van der Waals surface area contributed by atoms with E-state index in [1.165, 1.54) is 13.2 Å². The van der Waals surface area contributed by atoms with Gasteiger partial charge in [-0.25, -0.2) is 4.98 Å². The first-order valence-corrected chi connectivity index (χ1v) is 15.2. The van der Waals surface area contributed by atoms with Crippen LogP contribution in [0.5, 0.6) is 0 Å². The number of rotatable bonds is 10. The molecule has 0 radical (unpaired) electrons. The van der Waals surface area contributed by atoms with E-state index in [9.17, 15) is 25.1 Å². The van der Waals surface area contributed by atoms with Crippen molar-refractivity contribution in [2.24, 2.45) is 5.92 Å². The number of ether oxygens (including phenoxy) is 1. The highest BCUT2D eigenvalue weighted by atomic mass is 35.5. The van der Waals surface area contributed by atoms with Gasteiger partial charge in [0.15, 0.2) is 6.29 Å². The first-order chi connectivity index (χ1) is 21.1. The zero-order chi connectivity index (χ0) is 31.3. The molecule has 2 aliphatic heterocycles. The van der Waals surface area contributed by atoms with Crippen LogP contribution in [0, 0.1) is 16.0 Å². The third-order valence-electron chi connectivity index (χ3n) is 8.89. The van der Waals surface area contributed by atoms with Crippen LogP contribution in [0.25, 0.3) is 0 Å². The number of pyridine rings is 1. The number of benzene rings is 2. The van der Waals surface area contributed by atoms with Gasteiger partial charge >= 0.3 is 0 Å². The van der Waals surface area contributed by atoms with Crippen molar-refractivity contribution in [3.05, 3.63) is 96.2 Å². The minimum Gasteiger partial charge on any atom is -0.395 e. The van der Waals surface area contributed by atoms with Gasteiger partial charge in [0.1, 0.15) is 15.8 Å². The summed E-state index contributed by atoms with van der Waals surface area (Å²) in [7, 11) is 1.30. The average Bonchev–Trinajstić information content (AvgIpc) is 3.70. The van der Waals surface area contributed by atoms with Crippen molar-refractivity contribution in [1.29, 1.82) is 0 Å². The van der Waals surface area contributed by atoms with Crippen molar-refractivity contribution in [2.45, 2.75) is 49.2 Å². The molecule has 1 saturated carbocycles. The maximum Gasteiger partial charge on any atom is 0.274 e. The van der Waals surface area contributed by atoms with E-state index in [1.54, 1.807) is 36.4 Å². The third kappa shape index (κ3) is 5.35. The first-order valence-electron chi connectivity index (χ1n) is 14.1. The fraction of sp³-hybridized carbons (Fsp3) is 0.400. The fourth-order valence-electron chi connectivity index (χ4n) is 6.86. The maximum absolute atomic E-state index is 14.4. The van der Waals surface area contributed by atoms with E-state index < -0.39 is 34.8 Å². The highest BCUT2D eigenvalue weighted by molar-refractivity contribution is 6.32. The summed E-state index contributed by atoms with van der Waals surface area (Å²) in [6, 6.07) is 11.8. The van der Waals surface area contributed by atoms with Crippen molar-refractivity contribution >= 4 is 52.1 Å². The van der Waals surface area contributed by atoms with Gasteiger partial charge in [0, 0.05) is 65.6 Å². The lowest BCUT2D eigenvalue weighted by Gasteiger charge is -2.39. The second kappa shape index (κ2) is 12.1. The monoisotopic (exact) mass is 661 g/mol. The minimum atomic E-state index is -1.32. The number of nitrogens with zero attached hydrogens (tertiary/aromatic N) is 3. The number of carbonyl (C=O) groups is 1. The second-order valence-corrected chi connectivity index (χ2v) is 12.6. The number of aliphatic hydroxyl groups excluding tert-OH is 2. The summed E-state index contributed by atoms with van der Waals surface area (Å²) in [6.45, 7) is 0.268. The van der Waals surface area contributed by atoms with E-state index in [4.69, 9.17) is 39.5 Å². The summed E-state index contributed by atoms with van der Waals surface area (Å²) < 4.78 is 4.92. The fourth-order valence-corrected chi connectivity index (χ4v) is 7.50. The lowest BCUT2D eigenvalue weighted by atomic mass is 9.73. The molecule has 2 fully saturated rings. The number of halogens is 3. The van der Waals surface area contributed by atoms with E-state index in [0.717, 1.165) is 12.8 Å². The number of hydrogen-bond acceptors (Lipinski definition) is 9. The predicted molar refractivity (Wildman–Crippen MR) is 165 cm³/mol. The van der Waals surface area contributed by atoms with Crippen LogP contribution in [-0.2, 0) is 21.6 Å². The van der Waals surface area contributed by atoms with Gasteiger partial charge in [-0.05, 0) is 48.6 Å². The SMILES string of the molecule is COC(O)c1ccc(CN[C@@H]2[C@H](CO)N(CC3CC3)[C@@]3(C(=O)Nc4cc(Cl)ccc43)[C@H]2c2cc(Cl)nc(Cl)c2)c([N+](=O)[O-])c1. The van der Waals surface area contributed by atoms with E-state index in [1.807, 2.05) is 6.07 Å². The van der Waals surface area contributed by atoms with Gasteiger partial charge < -0.3 is 25.6 Å². The van der Waals surface area contributed by atoms with Crippen molar-refractivity contribution in [1.82, 2.24) is 15.2 Å². The van der Waals surface area contributed by atoms with Gasteiger partial charge in [-0.2, -0.15) is 0 Å². The lowest BCUT2D eigenvalue weighted by Crippen LogP contribution is -2.53. The molecule has 1 aliphatic carbocycles. The minimum absolute atomic E-state index is 0.0202. The number of aliphatic hydroxyl groups is 2. The van der Waals surface area contributed by atoms with Crippen molar-refractivity contribution in [2.75, 3.05) is 25.6 Å². The van der Waals surface area contributed by atoms with Crippen LogP contribution in [0.3, 0.4) is 0 Å². The summed E-state index contributed by atoms with van der Waals surface area (Å²) >= 11 is 19.2. The Balaban J connectivity index is 1.50. The quantitative estimate of drug-likeness (QED) is 0.104. The van der Waals surface area contributed by atoms with Gasteiger partial charge in [-0.3, -0.25) is 19.8 Å². The molecule has 3 heterocycles. The first kappa shape index (κ1) is 31.1. The molecule has 3 aromatic rings. The molecule has 11 nitrogen and oxygen atoms in total. The topological polar surface area (TPSA) is 150 Å². The largest absolute Gasteiger partial charge is 0.395 e. The molecule has 44 heavy (non-hydrogen) atoms. The number of aromatic nitrogens is 1. The molecule has 1 spiro atoms. The number of anilines is 1. The maximum atomic E-state index is 14.4. The van der Waals surface area contributed by atoms with E-state index in [2.05, 4.69) is 20.5 Å². The smallest absolute Gasteiger partial charge is 0.274 e. The molecule has 0 bridgehead atoms. The Morgan fingerprint density at radius 2 is 1.91 bits per heavy atom. The molecule has 1 unspecified atom stereocenters. The molecule has 232 valence electrons. The van der Waals surface area contributed by atoms with Gasteiger partial charge in [0.05, 0.1) is 17.6 Å². The standard InChI is InChI=1S/C30H30Cl3N5O6/c1-44-28(40)16-4-5-17(22(8-16)38(42)43)12-34-27-23(14-39)37(13-15-2-3-15)30(26(27)18-9-24(32)36-25(33)10-18)20-7-6-19(31)11-21(20)35-29(30)41/h4-11,15,23,26-28,34,39-40H,2-3,12-14H2,1H3,(H,35,41)/t23-,26-,27+,28?,30+/m0/s1. The number of nitro groups is 1. The van der Waals surface area contributed by atoms with Crippen LogP contribution >= 0.6 is 34.8 Å². The van der Waals surface area contributed by atoms with Gasteiger partial charge in [-0.1, -0.05) is 53.0 Å². The van der Waals surface area contributed by atoms with Gasteiger partial charge in [0.25, 0.3) is 5.69 Å². The molecule has 2 aromatic carbocycles. The number of nitro benzene ring substituents is 1. The Morgan fingerprint density at radius 1 is 1.18 bits per heavy atom. The van der Waals surface area contributed by atoms with Crippen molar-refractivity contribution < 1.29 is 24.7 Å². The summed E-state index contributed by atoms with van der Waals surface area (Å²) in [5, 5.41) is 40.3. The van der Waals surface area contributed by atoms with Crippen LogP contribution < -0.4 is 10.6 Å². The summed E-state index contributed by atoms with van der Waals surface area (Å²) in [5.74, 6) is -0.599. The zero-order valence-electron chi connectivity index (χ0n) is 23.5. The highest BCUT2D eigenvalue weighted by Crippen LogP contribution is 2.58. The van der Waals surface area contributed by atoms with E-state index in [-0.39, 0.29) is 40.6 Å². The Morgan fingerprint density at radius 3 is 2.55 bits per heavy atom. The van der Waals surface area contributed by atoms with Crippen molar-refractivity contribution in [3.63, 3.8) is 0 Å². The summed E-state index contributed by atoms with van der Waals surface area (Å²) in [4.78, 5) is 32.1. The average molecular weight is 663 g/mol. The van der Waals surface area contributed by atoms with Crippen LogP contribution in [0.2, 0.25) is 15.3 Å². The highest BCUT2D eigenvalue weighted by Gasteiger charge is 2.67. The lowest BCUT2D eigenvalue weighted by molar-refractivity contribution is -0.385.